The Morgan fingerprint density at radius 2 is 2.12 bits per heavy atom. The van der Waals surface area contributed by atoms with E-state index in [1.807, 2.05) is 0 Å². The zero-order valence-electron chi connectivity index (χ0n) is 9.08. The van der Waals surface area contributed by atoms with Crippen molar-refractivity contribution >= 4 is 5.91 Å². The highest BCUT2D eigenvalue weighted by molar-refractivity contribution is 5.94. The maximum absolute atomic E-state index is 13.3. The van der Waals surface area contributed by atoms with Crippen molar-refractivity contribution in [3.63, 3.8) is 0 Å². The number of rotatable bonds is 3. The Morgan fingerprint density at radius 3 is 2.62 bits per heavy atom. The minimum absolute atomic E-state index is 0.204. The van der Waals surface area contributed by atoms with Gasteiger partial charge in [-0.2, -0.15) is 0 Å². The van der Waals surface area contributed by atoms with Crippen molar-refractivity contribution in [3.8, 4) is 0 Å². The van der Waals surface area contributed by atoms with E-state index < -0.39 is 23.6 Å². The SMILES string of the molecule is CC(CO)N(C)C(=O)c1ccc(F)cc1F. The Hall–Kier alpha value is -1.49. The van der Waals surface area contributed by atoms with Crippen LogP contribution in [0, 0.1) is 11.6 Å². The van der Waals surface area contributed by atoms with Gasteiger partial charge in [-0.25, -0.2) is 8.78 Å². The Morgan fingerprint density at radius 1 is 1.50 bits per heavy atom. The molecule has 0 aliphatic heterocycles. The number of carbonyl (C=O) groups is 1. The van der Waals surface area contributed by atoms with Gasteiger partial charge in [0.1, 0.15) is 11.6 Å². The number of benzene rings is 1. The van der Waals surface area contributed by atoms with Crippen LogP contribution in [0.1, 0.15) is 17.3 Å². The first-order valence-electron chi connectivity index (χ1n) is 4.80. The third-order valence-electron chi connectivity index (χ3n) is 2.41. The van der Waals surface area contributed by atoms with Crippen LogP contribution in [0.4, 0.5) is 8.78 Å². The molecular formula is C11H13F2NO2. The summed E-state index contributed by atoms with van der Waals surface area (Å²) >= 11 is 0. The van der Waals surface area contributed by atoms with E-state index in [1.54, 1.807) is 6.92 Å². The second-order valence-corrected chi connectivity index (χ2v) is 3.57. The second-order valence-electron chi connectivity index (χ2n) is 3.57. The second kappa shape index (κ2) is 5.03. The molecule has 0 fully saturated rings. The molecule has 0 saturated heterocycles. The number of carbonyl (C=O) groups excluding carboxylic acids is 1. The van der Waals surface area contributed by atoms with Crippen LogP contribution in [-0.4, -0.2) is 35.6 Å². The zero-order valence-corrected chi connectivity index (χ0v) is 9.08. The van der Waals surface area contributed by atoms with E-state index in [9.17, 15) is 13.6 Å². The monoisotopic (exact) mass is 229 g/mol. The van der Waals surface area contributed by atoms with Crippen LogP contribution in [0.2, 0.25) is 0 Å². The predicted molar refractivity (Wildman–Crippen MR) is 55.0 cm³/mol. The summed E-state index contributed by atoms with van der Waals surface area (Å²) in [5.41, 5.74) is -0.204. The van der Waals surface area contributed by atoms with Crippen molar-refractivity contribution in [1.82, 2.24) is 4.90 Å². The van der Waals surface area contributed by atoms with Gasteiger partial charge in [0.25, 0.3) is 5.91 Å². The van der Waals surface area contributed by atoms with Gasteiger partial charge < -0.3 is 10.0 Å². The maximum atomic E-state index is 13.3. The van der Waals surface area contributed by atoms with Gasteiger partial charge in [0, 0.05) is 13.1 Å². The quantitative estimate of drug-likeness (QED) is 0.851. The van der Waals surface area contributed by atoms with Crippen LogP contribution in [0.3, 0.4) is 0 Å². The highest BCUT2D eigenvalue weighted by atomic mass is 19.1. The molecular weight excluding hydrogens is 216 g/mol. The molecule has 5 heteroatoms. The van der Waals surface area contributed by atoms with Crippen LogP contribution in [0.5, 0.6) is 0 Å². The molecule has 0 aliphatic rings. The maximum Gasteiger partial charge on any atom is 0.256 e. The van der Waals surface area contributed by atoms with Gasteiger partial charge >= 0.3 is 0 Å². The van der Waals surface area contributed by atoms with Gasteiger partial charge in [-0.15, -0.1) is 0 Å². The van der Waals surface area contributed by atoms with Crippen LogP contribution in [-0.2, 0) is 0 Å². The Kier molecular flexibility index (Phi) is 3.95. The minimum Gasteiger partial charge on any atom is -0.394 e. The average molecular weight is 229 g/mol. The fraction of sp³-hybridized carbons (Fsp3) is 0.364. The normalized spacial score (nSPS) is 12.3. The zero-order chi connectivity index (χ0) is 12.3. The van der Waals surface area contributed by atoms with E-state index in [0.29, 0.717) is 6.07 Å². The third-order valence-corrected chi connectivity index (χ3v) is 2.41. The number of halogens is 2. The summed E-state index contributed by atoms with van der Waals surface area (Å²) in [5.74, 6) is -2.21. The van der Waals surface area contributed by atoms with Crippen LogP contribution < -0.4 is 0 Å². The molecule has 0 spiro atoms. The van der Waals surface area contributed by atoms with Crippen molar-refractivity contribution in [2.24, 2.45) is 0 Å². The summed E-state index contributed by atoms with van der Waals surface area (Å²) in [6.07, 6.45) is 0. The first kappa shape index (κ1) is 12.6. The molecule has 0 saturated carbocycles. The molecule has 88 valence electrons. The largest absolute Gasteiger partial charge is 0.394 e. The van der Waals surface area contributed by atoms with Crippen LogP contribution in [0.25, 0.3) is 0 Å². The minimum atomic E-state index is -0.901. The lowest BCUT2D eigenvalue weighted by Gasteiger charge is -2.23. The summed E-state index contributed by atoms with van der Waals surface area (Å²) < 4.78 is 25.9. The van der Waals surface area contributed by atoms with E-state index in [4.69, 9.17) is 5.11 Å². The molecule has 1 aromatic rings. The van der Waals surface area contributed by atoms with E-state index in [2.05, 4.69) is 0 Å². The average Bonchev–Trinajstić information content (AvgIpc) is 2.26. The summed E-state index contributed by atoms with van der Waals surface area (Å²) in [7, 11) is 1.45. The fourth-order valence-corrected chi connectivity index (χ4v) is 1.18. The summed E-state index contributed by atoms with van der Waals surface area (Å²) in [6, 6.07) is 2.35. The van der Waals surface area contributed by atoms with Gasteiger partial charge in [0.2, 0.25) is 0 Å². The highest BCUT2D eigenvalue weighted by Crippen LogP contribution is 2.12. The molecule has 16 heavy (non-hydrogen) atoms. The Labute approximate surface area is 92.3 Å². The molecule has 1 unspecified atom stereocenters. The number of likely N-dealkylation sites (N-methyl/N-ethyl adjacent to an activating group) is 1. The van der Waals surface area contributed by atoms with E-state index >= 15 is 0 Å². The third kappa shape index (κ3) is 2.55. The van der Waals surface area contributed by atoms with Crippen molar-refractivity contribution < 1.29 is 18.7 Å². The van der Waals surface area contributed by atoms with Crippen LogP contribution >= 0.6 is 0 Å². The lowest BCUT2D eigenvalue weighted by molar-refractivity contribution is 0.0677. The van der Waals surface area contributed by atoms with Crippen molar-refractivity contribution in [3.05, 3.63) is 35.4 Å². The number of nitrogens with zero attached hydrogens (tertiary/aromatic N) is 1. The molecule has 1 amide bonds. The number of hydrogen-bond donors (Lipinski definition) is 1. The first-order chi connectivity index (χ1) is 7.47. The first-order valence-corrected chi connectivity index (χ1v) is 4.80. The van der Waals surface area contributed by atoms with E-state index in [-0.39, 0.29) is 12.2 Å². The molecule has 1 aromatic carbocycles. The van der Waals surface area contributed by atoms with Gasteiger partial charge in [-0.3, -0.25) is 4.79 Å². The molecule has 1 N–H and O–H groups in total. The lowest BCUT2D eigenvalue weighted by Crippen LogP contribution is -2.37. The Bertz CT molecular complexity index is 396. The van der Waals surface area contributed by atoms with Crippen molar-refractivity contribution in [2.75, 3.05) is 13.7 Å². The standard InChI is InChI=1S/C11H13F2NO2/c1-7(6-15)14(2)11(16)9-4-3-8(12)5-10(9)13/h3-5,7,15H,6H2,1-2H3. The van der Waals surface area contributed by atoms with Gasteiger partial charge in [-0.05, 0) is 19.1 Å². The predicted octanol–water partition coefficient (Wildman–Crippen LogP) is 1.42. The van der Waals surface area contributed by atoms with Crippen LogP contribution in [0.15, 0.2) is 18.2 Å². The molecule has 3 nitrogen and oxygen atoms in total. The van der Waals surface area contributed by atoms with Gasteiger partial charge in [-0.1, -0.05) is 0 Å². The molecule has 0 heterocycles. The number of aliphatic hydroxyl groups excluding tert-OH is 1. The number of aliphatic hydroxyl groups is 1. The summed E-state index contributed by atoms with van der Waals surface area (Å²) in [5, 5.41) is 8.87. The lowest BCUT2D eigenvalue weighted by atomic mass is 10.1. The van der Waals surface area contributed by atoms with Gasteiger partial charge in [0.15, 0.2) is 0 Å². The molecule has 1 rings (SSSR count). The van der Waals surface area contributed by atoms with E-state index in [1.165, 1.54) is 11.9 Å². The topological polar surface area (TPSA) is 40.5 Å². The molecule has 0 bridgehead atoms. The molecule has 0 radical (unpaired) electrons. The number of amides is 1. The van der Waals surface area contributed by atoms with Crippen molar-refractivity contribution in [1.29, 1.82) is 0 Å². The molecule has 0 aliphatic carbocycles. The van der Waals surface area contributed by atoms with Gasteiger partial charge in [0.05, 0.1) is 18.2 Å². The van der Waals surface area contributed by atoms with E-state index in [0.717, 1.165) is 12.1 Å². The Balaban J connectivity index is 2.96. The summed E-state index contributed by atoms with van der Waals surface area (Å²) in [4.78, 5) is 12.9. The smallest absolute Gasteiger partial charge is 0.256 e. The number of hydrogen-bond acceptors (Lipinski definition) is 2. The fourth-order valence-electron chi connectivity index (χ4n) is 1.18. The summed E-state index contributed by atoms with van der Waals surface area (Å²) in [6.45, 7) is 1.41. The molecule has 0 aromatic heterocycles. The highest BCUT2D eigenvalue weighted by Gasteiger charge is 2.20. The molecule has 1 atom stereocenters. The van der Waals surface area contributed by atoms with Crippen molar-refractivity contribution in [2.45, 2.75) is 13.0 Å².